The van der Waals surface area contributed by atoms with Gasteiger partial charge in [-0.2, -0.15) is 18.3 Å². The zero-order chi connectivity index (χ0) is 22.4. The maximum Gasteiger partial charge on any atom is 0.417 e. The van der Waals surface area contributed by atoms with Crippen molar-refractivity contribution in [2.75, 3.05) is 19.7 Å². The van der Waals surface area contributed by atoms with E-state index in [-0.39, 0.29) is 18.5 Å². The number of pyridine rings is 1. The molecular formula is C20H28F3N7O. The molecule has 1 aliphatic heterocycles. The van der Waals surface area contributed by atoms with Crippen molar-refractivity contribution < 1.29 is 17.9 Å². The second-order valence-electron chi connectivity index (χ2n) is 7.59. The van der Waals surface area contributed by atoms with Crippen LogP contribution in [-0.2, 0) is 19.1 Å². The smallest absolute Gasteiger partial charge is 0.417 e. The summed E-state index contributed by atoms with van der Waals surface area (Å²) in [6.07, 6.45) is -1.88. The summed E-state index contributed by atoms with van der Waals surface area (Å²) in [4.78, 5) is 12.8. The highest BCUT2D eigenvalue weighted by atomic mass is 19.4. The Balaban J connectivity index is 1.51. The van der Waals surface area contributed by atoms with Crippen LogP contribution in [0.25, 0.3) is 0 Å². The fourth-order valence-electron chi connectivity index (χ4n) is 3.14. The number of aryl methyl sites for hydroxylation is 1. The van der Waals surface area contributed by atoms with Gasteiger partial charge in [-0.25, -0.2) is 19.6 Å². The Hall–Kier alpha value is -2.85. The molecule has 31 heavy (non-hydrogen) atoms. The van der Waals surface area contributed by atoms with Gasteiger partial charge in [0.2, 0.25) is 5.88 Å². The lowest BCUT2D eigenvalue weighted by atomic mass is 10.1. The van der Waals surface area contributed by atoms with Gasteiger partial charge in [0.25, 0.3) is 0 Å². The minimum absolute atomic E-state index is 0.133. The van der Waals surface area contributed by atoms with Crippen LogP contribution in [0.1, 0.15) is 50.3 Å². The van der Waals surface area contributed by atoms with Crippen LogP contribution >= 0.6 is 0 Å². The second-order valence-corrected chi connectivity index (χ2v) is 7.59. The fourth-order valence-corrected chi connectivity index (χ4v) is 3.14. The van der Waals surface area contributed by atoms with Gasteiger partial charge in [0.1, 0.15) is 12.4 Å². The van der Waals surface area contributed by atoms with E-state index in [1.54, 1.807) is 0 Å². The van der Waals surface area contributed by atoms with E-state index in [1.807, 2.05) is 11.6 Å². The molecule has 1 atom stereocenters. The number of nitrogens with one attached hydrogen (secondary N) is 2. The second kappa shape index (κ2) is 9.97. The van der Waals surface area contributed by atoms with Crippen molar-refractivity contribution in [2.24, 2.45) is 4.99 Å². The molecule has 8 nitrogen and oxygen atoms in total. The number of hydrogen-bond acceptors (Lipinski definition) is 5. The minimum atomic E-state index is -4.41. The molecule has 0 saturated heterocycles. The molecule has 1 unspecified atom stereocenters. The van der Waals surface area contributed by atoms with Crippen molar-refractivity contribution in [3.8, 4) is 5.88 Å². The molecule has 0 bridgehead atoms. The topological polar surface area (TPSA) is 89.2 Å². The number of halogens is 3. The van der Waals surface area contributed by atoms with E-state index in [0.29, 0.717) is 31.5 Å². The number of aliphatic imine (C=N–C) groups is 1. The highest BCUT2D eigenvalue weighted by Crippen LogP contribution is 2.29. The van der Waals surface area contributed by atoms with Crippen molar-refractivity contribution in [3.05, 3.63) is 35.5 Å². The first kappa shape index (κ1) is 22.8. The van der Waals surface area contributed by atoms with Crippen LogP contribution in [0.5, 0.6) is 5.88 Å². The summed E-state index contributed by atoms with van der Waals surface area (Å²) < 4.78 is 45.1. The maximum absolute atomic E-state index is 12.6. The third-order valence-corrected chi connectivity index (χ3v) is 4.75. The summed E-state index contributed by atoms with van der Waals surface area (Å²) in [6, 6.07) is 2.33. The number of nitrogens with zero attached hydrogens (tertiary/aromatic N) is 5. The van der Waals surface area contributed by atoms with Gasteiger partial charge >= 0.3 is 6.18 Å². The molecule has 0 fully saturated rings. The van der Waals surface area contributed by atoms with Gasteiger partial charge in [-0.1, -0.05) is 13.8 Å². The monoisotopic (exact) mass is 439 g/mol. The predicted molar refractivity (Wildman–Crippen MR) is 110 cm³/mol. The van der Waals surface area contributed by atoms with Crippen molar-refractivity contribution >= 4 is 5.96 Å². The standard InChI is InChI=1S/C20H28F3N7O/c1-4-24-19(25-9-10-31-17-8-5-14(11-26-17)20(21,22)23)27-15-6-7-16-28-18(13(2)3)29-30(16)12-15/h5,8,11,13,15H,4,6-7,9-10,12H2,1-3H3,(H2,24,25,27). The summed E-state index contributed by atoms with van der Waals surface area (Å²) in [7, 11) is 0. The van der Waals surface area contributed by atoms with E-state index in [4.69, 9.17) is 4.74 Å². The van der Waals surface area contributed by atoms with Crippen molar-refractivity contribution in [1.29, 1.82) is 0 Å². The molecule has 1 aliphatic rings. The normalized spacial score (nSPS) is 16.9. The zero-order valence-corrected chi connectivity index (χ0v) is 17.9. The summed E-state index contributed by atoms with van der Waals surface area (Å²) in [5.74, 6) is 2.96. The molecule has 0 radical (unpaired) electrons. The van der Waals surface area contributed by atoms with Gasteiger partial charge in [0, 0.05) is 37.2 Å². The average Bonchev–Trinajstić information content (AvgIpc) is 3.15. The molecule has 0 saturated carbocycles. The van der Waals surface area contributed by atoms with Crippen LogP contribution < -0.4 is 15.4 Å². The molecule has 3 rings (SSSR count). The van der Waals surface area contributed by atoms with E-state index >= 15 is 0 Å². The third-order valence-electron chi connectivity index (χ3n) is 4.75. The molecule has 2 aromatic rings. The predicted octanol–water partition coefficient (Wildman–Crippen LogP) is 2.76. The zero-order valence-electron chi connectivity index (χ0n) is 17.9. The van der Waals surface area contributed by atoms with Crippen molar-refractivity contribution in [1.82, 2.24) is 30.4 Å². The Morgan fingerprint density at radius 3 is 2.81 bits per heavy atom. The van der Waals surface area contributed by atoms with E-state index in [2.05, 4.69) is 44.5 Å². The van der Waals surface area contributed by atoms with Gasteiger partial charge in [-0.05, 0) is 19.4 Å². The largest absolute Gasteiger partial charge is 0.476 e. The molecule has 0 amide bonds. The third kappa shape index (κ3) is 6.31. The number of guanidine groups is 1. The van der Waals surface area contributed by atoms with Gasteiger partial charge in [0.05, 0.1) is 18.7 Å². The Bertz CT molecular complexity index is 878. The summed E-state index contributed by atoms with van der Waals surface area (Å²) >= 11 is 0. The van der Waals surface area contributed by atoms with Gasteiger partial charge in [-0.15, -0.1) is 0 Å². The Morgan fingerprint density at radius 1 is 1.35 bits per heavy atom. The number of aromatic nitrogens is 4. The average molecular weight is 439 g/mol. The lowest BCUT2D eigenvalue weighted by Gasteiger charge is -2.25. The van der Waals surface area contributed by atoms with Gasteiger partial charge in [-0.3, -0.25) is 0 Å². The van der Waals surface area contributed by atoms with Crippen LogP contribution in [-0.4, -0.2) is 51.4 Å². The first-order valence-corrected chi connectivity index (χ1v) is 10.4. The molecule has 3 heterocycles. The number of alkyl halides is 3. The molecule has 0 aromatic carbocycles. The molecule has 11 heteroatoms. The number of rotatable bonds is 7. The SMILES string of the molecule is CCNC(=NCCOc1ccc(C(F)(F)F)cn1)NC1CCc2nc(C(C)C)nn2C1. The van der Waals surface area contributed by atoms with E-state index in [1.165, 1.54) is 6.07 Å². The van der Waals surface area contributed by atoms with Gasteiger partial charge < -0.3 is 15.4 Å². The first-order chi connectivity index (χ1) is 14.8. The van der Waals surface area contributed by atoms with Gasteiger partial charge in [0.15, 0.2) is 11.8 Å². The fraction of sp³-hybridized carbons (Fsp3) is 0.600. The van der Waals surface area contributed by atoms with Crippen LogP contribution in [0.4, 0.5) is 13.2 Å². The van der Waals surface area contributed by atoms with Crippen LogP contribution in [0, 0.1) is 0 Å². The van der Waals surface area contributed by atoms with Crippen molar-refractivity contribution in [3.63, 3.8) is 0 Å². The molecule has 2 N–H and O–H groups in total. The molecule has 170 valence electrons. The summed E-state index contributed by atoms with van der Waals surface area (Å²) in [5.41, 5.74) is -0.806. The van der Waals surface area contributed by atoms with Crippen LogP contribution in [0.2, 0.25) is 0 Å². The summed E-state index contributed by atoms with van der Waals surface area (Å²) in [5, 5.41) is 11.2. The number of hydrogen-bond donors (Lipinski definition) is 2. The maximum atomic E-state index is 12.6. The quantitative estimate of drug-likeness (QED) is 0.392. The molecule has 0 spiro atoms. The molecule has 0 aliphatic carbocycles. The Labute approximate surface area is 179 Å². The van der Waals surface area contributed by atoms with E-state index in [9.17, 15) is 13.2 Å². The highest BCUT2D eigenvalue weighted by Gasteiger charge is 2.30. The first-order valence-electron chi connectivity index (χ1n) is 10.4. The van der Waals surface area contributed by atoms with Crippen LogP contribution in [0.3, 0.4) is 0 Å². The molecule has 2 aromatic heterocycles. The van der Waals surface area contributed by atoms with E-state index < -0.39 is 11.7 Å². The minimum Gasteiger partial charge on any atom is -0.476 e. The number of ether oxygens (including phenoxy) is 1. The lowest BCUT2D eigenvalue weighted by Crippen LogP contribution is -2.47. The van der Waals surface area contributed by atoms with E-state index in [0.717, 1.165) is 36.8 Å². The van der Waals surface area contributed by atoms with Crippen molar-refractivity contribution in [2.45, 2.75) is 58.3 Å². The Kier molecular flexibility index (Phi) is 7.34. The Morgan fingerprint density at radius 2 is 2.16 bits per heavy atom. The summed E-state index contributed by atoms with van der Waals surface area (Å²) in [6.45, 7) is 8.08. The number of fused-ring (bicyclic) bond motifs is 1. The lowest BCUT2D eigenvalue weighted by molar-refractivity contribution is -0.137. The highest BCUT2D eigenvalue weighted by molar-refractivity contribution is 5.80. The van der Waals surface area contributed by atoms with Crippen LogP contribution in [0.15, 0.2) is 23.3 Å². The molecular weight excluding hydrogens is 411 g/mol.